The van der Waals surface area contributed by atoms with Gasteiger partial charge in [-0.15, -0.1) is 0 Å². The Morgan fingerprint density at radius 2 is 0.833 bits per heavy atom. The van der Waals surface area contributed by atoms with E-state index < -0.39 is 0 Å². The van der Waals surface area contributed by atoms with E-state index in [-0.39, 0.29) is 0 Å². The Morgan fingerprint density at radius 1 is 0.417 bits per heavy atom. The molecule has 2 aliphatic carbocycles. The van der Waals surface area contributed by atoms with Gasteiger partial charge in [0.25, 0.3) is 0 Å². The Balaban J connectivity index is 1.52. The lowest BCUT2D eigenvalue weighted by Gasteiger charge is -2.11. The van der Waals surface area contributed by atoms with Crippen molar-refractivity contribution in [1.82, 2.24) is 0 Å². The van der Waals surface area contributed by atoms with Gasteiger partial charge in [-0.1, -0.05) is 85.0 Å². The van der Waals surface area contributed by atoms with Crippen LogP contribution < -0.4 is 9.47 Å². The van der Waals surface area contributed by atoms with Gasteiger partial charge in [0.2, 0.25) is 0 Å². The highest BCUT2D eigenvalue weighted by molar-refractivity contribution is 6.05. The standard InChI is InChI=1S/C34H26O2/c1-35-28-15-9-23(10-16-28)26-13-19-30-31-20-14-27(24-11-17-29(36-2)18-12-24)22-33(31)34(32(30)21-26)25-7-5-3-4-6-8-25/h3-22H,1-2H3. The molecule has 0 aromatic heterocycles. The van der Waals surface area contributed by atoms with Crippen LogP contribution in [-0.2, 0) is 0 Å². The Morgan fingerprint density at radius 3 is 1.25 bits per heavy atom. The summed E-state index contributed by atoms with van der Waals surface area (Å²) in [6.07, 6.45) is 12.8. The number of rotatable bonds is 4. The molecule has 2 heteroatoms. The van der Waals surface area contributed by atoms with Crippen LogP contribution in [0, 0.1) is 0 Å². The lowest BCUT2D eigenvalue weighted by molar-refractivity contribution is 0.415. The van der Waals surface area contributed by atoms with Gasteiger partial charge in [0.15, 0.2) is 0 Å². The van der Waals surface area contributed by atoms with Gasteiger partial charge in [0, 0.05) is 0 Å². The van der Waals surface area contributed by atoms with Gasteiger partial charge in [0.1, 0.15) is 11.5 Å². The number of ether oxygens (including phenoxy) is 2. The summed E-state index contributed by atoms with van der Waals surface area (Å²) in [4.78, 5) is 0. The molecular weight excluding hydrogens is 440 g/mol. The summed E-state index contributed by atoms with van der Waals surface area (Å²) >= 11 is 0. The predicted molar refractivity (Wildman–Crippen MR) is 149 cm³/mol. The molecule has 0 fully saturated rings. The Kier molecular flexibility index (Phi) is 5.63. The number of hydrogen-bond donors (Lipinski definition) is 0. The average Bonchev–Trinajstić information content (AvgIpc) is 3.06. The fourth-order valence-electron chi connectivity index (χ4n) is 5.02. The highest BCUT2D eigenvalue weighted by atomic mass is 16.5. The zero-order valence-electron chi connectivity index (χ0n) is 20.4. The monoisotopic (exact) mass is 466 g/mol. The maximum absolute atomic E-state index is 5.35. The van der Waals surface area contributed by atoms with Gasteiger partial charge in [-0.25, -0.2) is 0 Å². The van der Waals surface area contributed by atoms with Crippen LogP contribution in [0.4, 0.5) is 0 Å². The third-order valence-electron chi connectivity index (χ3n) is 6.89. The predicted octanol–water partition coefficient (Wildman–Crippen LogP) is 8.50. The minimum Gasteiger partial charge on any atom is -0.497 e. The Labute approximate surface area is 212 Å². The maximum Gasteiger partial charge on any atom is 0.118 e. The van der Waals surface area contributed by atoms with Crippen LogP contribution in [0.15, 0.2) is 127 Å². The third kappa shape index (κ3) is 3.87. The highest BCUT2D eigenvalue weighted by Crippen LogP contribution is 2.48. The van der Waals surface area contributed by atoms with Crippen molar-refractivity contribution in [3.63, 3.8) is 0 Å². The normalized spacial score (nSPS) is 13.4. The van der Waals surface area contributed by atoms with Crippen LogP contribution in [0.2, 0.25) is 0 Å². The van der Waals surface area contributed by atoms with E-state index in [2.05, 4.69) is 97.1 Å². The number of methoxy groups -OCH3 is 2. The van der Waals surface area contributed by atoms with Crippen LogP contribution in [0.1, 0.15) is 11.1 Å². The summed E-state index contributed by atoms with van der Waals surface area (Å²) in [5, 5.41) is 0. The van der Waals surface area contributed by atoms with Crippen molar-refractivity contribution in [1.29, 1.82) is 0 Å². The van der Waals surface area contributed by atoms with Crippen molar-refractivity contribution in [3.05, 3.63) is 138 Å². The second-order valence-corrected chi connectivity index (χ2v) is 8.91. The molecule has 0 N–H and O–H groups in total. The molecule has 0 amide bonds. The molecule has 0 bridgehead atoms. The molecule has 36 heavy (non-hydrogen) atoms. The average molecular weight is 467 g/mol. The molecule has 2 nitrogen and oxygen atoms in total. The van der Waals surface area contributed by atoms with E-state index in [4.69, 9.17) is 9.47 Å². The van der Waals surface area contributed by atoms with E-state index in [0.29, 0.717) is 0 Å². The molecule has 0 heterocycles. The summed E-state index contributed by atoms with van der Waals surface area (Å²) in [7, 11) is 3.39. The zero-order valence-corrected chi connectivity index (χ0v) is 20.4. The largest absolute Gasteiger partial charge is 0.497 e. The fourth-order valence-corrected chi connectivity index (χ4v) is 5.02. The van der Waals surface area contributed by atoms with Gasteiger partial charge in [-0.3, -0.25) is 0 Å². The van der Waals surface area contributed by atoms with Crippen molar-refractivity contribution in [2.75, 3.05) is 14.2 Å². The van der Waals surface area contributed by atoms with Gasteiger partial charge in [-0.05, 0) is 92.1 Å². The summed E-state index contributed by atoms with van der Waals surface area (Å²) < 4.78 is 10.7. The summed E-state index contributed by atoms with van der Waals surface area (Å²) in [6.45, 7) is 0. The Bertz CT molecular complexity index is 1450. The van der Waals surface area contributed by atoms with E-state index >= 15 is 0 Å². The quantitative estimate of drug-likeness (QED) is 0.264. The van der Waals surface area contributed by atoms with Crippen LogP contribution in [-0.4, -0.2) is 14.2 Å². The molecule has 2 aliphatic rings. The molecule has 0 unspecified atom stereocenters. The van der Waals surface area contributed by atoms with Gasteiger partial charge < -0.3 is 9.47 Å². The van der Waals surface area contributed by atoms with Gasteiger partial charge in [0.05, 0.1) is 14.2 Å². The molecule has 6 rings (SSSR count). The molecule has 0 atom stereocenters. The van der Waals surface area contributed by atoms with Gasteiger partial charge in [-0.2, -0.15) is 0 Å². The van der Waals surface area contributed by atoms with Crippen molar-refractivity contribution >= 4 is 5.57 Å². The van der Waals surface area contributed by atoms with E-state index in [1.807, 2.05) is 24.3 Å². The van der Waals surface area contributed by atoms with Crippen LogP contribution in [0.5, 0.6) is 11.5 Å². The SMILES string of the molecule is COc1ccc(-c2ccc3c(c2)C(=C2C=CC=CC=C2)c2cc(-c4ccc(OC)cc4)ccc2-3)cc1. The molecule has 4 aromatic carbocycles. The maximum atomic E-state index is 5.35. The van der Waals surface area contributed by atoms with E-state index in [1.165, 1.54) is 55.7 Å². The van der Waals surface area contributed by atoms with E-state index in [0.717, 1.165) is 11.5 Å². The molecule has 4 aromatic rings. The lowest BCUT2D eigenvalue weighted by Crippen LogP contribution is -1.89. The molecule has 0 spiro atoms. The third-order valence-corrected chi connectivity index (χ3v) is 6.89. The Hall–Kier alpha value is -4.56. The van der Waals surface area contributed by atoms with Gasteiger partial charge >= 0.3 is 0 Å². The number of hydrogen-bond acceptors (Lipinski definition) is 2. The number of fused-ring (bicyclic) bond motifs is 3. The van der Waals surface area contributed by atoms with E-state index in [9.17, 15) is 0 Å². The van der Waals surface area contributed by atoms with Crippen molar-refractivity contribution in [2.45, 2.75) is 0 Å². The first-order valence-electron chi connectivity index (χ1n) is 12.1. The van der Waals surface area contributed by atoms with Crippen molar-refractivity contribution in [2.24, 2.45) is 0 Å². The molecule has 0 aliphatic heterocycles. The van der Waals surface area contributed by atoms with Crippen LogP contribution >= 0.6 is 0 Å². The van der Waals surface area contributed by atoms with Crippen molar-refractivity contribution < 1.29 is 9.47 Å². The van der Waals surface area contributed by atoms with Crippen molar-refractivity contribution in [3.8, 4) is 44.9 Å². The minimum absolute atomic E-state index is 0.863. The zero-order chi connectivity index (χ0) is 24.5. The first kappa shape index (κ1) is 21.9. The molecular formula is C34H26O2. The summed E-state index contributed by atoms with van der Waals surface area (Å²) in [6, 6.07) is 30.1. The second kappa shape index (κ2) is 9.24. The topological polar surface area (TPSA) is 18.5 Å². The molecule has 0 saturated carbocycles. The lowest BCUT2D eigenvalue weighted by atomic mass is 9.93. The fraction of sp³-hybridized carbons (Fsp3) is 0.0588. The van der Waals surface area contributed by atoms with Crippen LogP contribution in [0.3, 0.4) is 0 Å². The second-order valence-electron chi connectivity index (χ2n) is 8.91. The first-order chi connectivity index (χ1) is 17.7. The van der Waals surface area contributed by atoms with Crippen LogP contribution in [0.25, 0.3) is 39.0 Å². The van der Waals surface area contributed by atoms with E-state index in [1.54, 1.807) is 14.2 Å². The summed E-state index contributed by atoms with van der Waals surface area (Å²) in [5.41, 5.74) is 12.3. The highest BCUT2D eigenvalue weighted by Gasteiger charge is 2.26. The first-order valence-corrected chi connectivity index (χ1v) is 12.1. The molecule has 0 saturated heterocycles. The summed E-state index contributed by atoms with van der Waals surface area (Å²) in [5.74, 6) is 1.73. The minimum atomic E-state index is 0.863. The molecule has 174 valence electrons. The number of allylic oxidation sites excluding steroid dienone is 7. The number of benzene rings is 4. The molecule has 0 radical (unpaired) electrons. The smallest absolute Gasteiger partial charge is 0.118 e.